The van der Waals surface area contributed by atoms with Gasteiger partial charge in [-0.25, -0.2) is 0 Å². The summed E-state index contributed by atoms with van der Waals surface area (Å²) in [5, 5.41) is 12.2. The van der Waals surface area contributed by atoms with Gasteiger partial charge in [-0.15, -0.1) is 6.58 Å². The first-order valence-electron chi connectivity index (χ1n) is 5.07. The van der Waals surface area contributed by atoms with E-state index in [9.17, 15) is 0 Å². The summed E-state index contributed by atoms with van der Waals surface area (Å²) in [6.45, 7) is 7.45. The molecule has 0 aliphatic heterocycles. The van der Waals surface area contributed by atoms with Crippen molar-refractivity contribution in [2.75, 3.05) is 6.54 Å². The van der Waals surface area contributed by atoms with Crippen LogP contribution in [0.1, 0.15) is 23.4 Å². The van der Waals surface area contributed by atoms with Crippen LogP contribution in [0.4, 0.5) is 0 Å². The average molecular weight is 203 g/mol. The Kier molecular flexibility index (Phi) is 4.14. The predicted molar refractivity (Wildman–Crippen MR) is 61.4 cm³/mol. The molecule has 0 bridgehead atoms. The Balaban J connectivity index is 2.62. The monoisotopic (exact) mass is 203 g/mol. The summed E-state index contributed by atoms with van der Waals surface area (Å²) in [4.78, 5) is 0. The van der Waals surface area contributed by atoms with Crippen molar-refractivity contribution in [2.45, 2.75) is 19.9 Å². The third-order valence-electron chi connectivity index (χ3n) is 2.60. The van der Waals surface area contributed by atoms with Gasteiger partial charge in [-0.1, -0.05) is 6.08 Å². The van der Waals surface area contributed by atoms with Crippen molar-refractivity contribution in [2.24, 2.45) is 7.05 Å². The Morgan fingerprint density at radius 3 is 2.93 bits per heavy atom. The van der Waals surface area contributed by atoms with E-state index in [-0.39, 0.29) is 0 Å². The predicted octanol–water partition coefficient (Wildman–Crippen LogP) is 1.87. The van der Waals surface area contributed by atoms with Gasteiger partial charge in [0.25, 0.3) is 0 Å². The number of nitriles is 1. The third-order valence-corrected chi connectivity index (χ3v) is 2.60. The molecule has 1 aromatic heterocycles. The number of nitrogens with one attached hydrogen (secondary N) is 1. The first-order valence-corrected chi connectivity index (χ1v) is 5.07. The van der Waals surface area contributed by atoms with Crippen LogP contribution >= 0.6 is 0 Å². The highest BCUT2D eigenvalue weighted by Gasteiger charge is 2.07. The van der Waals surface area contributed by atoms with Crippen LogP contribution in [0.15, 0.2) is 18.7 Å². The van der Waals surface area contributed by atoms with Crippen LogP contribution in [-0.4, -0.2) is 11.1 Å². The quantitative estimate of drug-likeness (QED) is 0.586. The largest absolute Gasteiger partial charge is 0.340 e. The summed E-state index contributed by atoms with van der Waals surface area (Å²) in [5.41, 5.74) is 3.06. The molecule has 1 heterocycles. The van der Waals surface area contributed by atoms with E-state index in [1.165, 1.54) is 5.56 Å². The van der Waals surface area contributed by atoms with E-state index < -0.39 is 0 Å². The number of aromatic nitrogens is 1. The molecular formula is C12H17N3. The van der Waals surface area contributed by atoms with Gasteiger partial charge in [0, 0.05) is 19.3 Å². The molecule has 0 aromatic carbocycles. The van der Waals surface area contributed by atoms with Crippen LogP contribution in [0.5, 0.6) is 0 Å². The Hall–Kier alpha value is -1.53. The summed E-state index contributed by atoms with van der Waals surface area (Å²) in [6, 6.07) is 4.12. The lowest BCUT2D eigenvalue weighted by Crippen LogP contribution is -2.14. The topological polar surface area (TPSA) is 40.8 Å². The molecule has 1 rings (SSSR count). The van der Waals surface area contributed by atoms with Crippen LogP contribution in [0.3, 0.4) is 0 Å². The molecule has 0 atom stereocenters. The van der Waals surface area contributed by atoms with E-state index in [1.54, 1.807) is 0 Å². The Morgan fingerprint density at radius 1 is 1.67 bits per heavy atom. The molecule has 0 radical (unpaired) electrons. The van der Waals surface area contributed by atoms with Crippen molar-refractivity contribution in [1.82, 2.24) is 9.88 Å². The summed E-state index contributed by atoms with van der Waals surface area (Å²) >= 11 is 0. The normalized spacial score (nSPS) is 9.93. The Morgan fingerprint density at radius 2 is 2.40 bits per heavy atom. The van der Waals surface area contributed by atoms with Gasteiger partial charge < -0.3 is 9.88 Å². The summed E-state index contributed by atoms with van der Waals surface area (Å²) in [5.74, 6) is 0. The molecule has 3 nitrogen and oxygen atoms in total. The van der Waals surface area contributed by atoms with Gasteiger partial charge in [-0.05, 0) is 31.5 Å². The number of rotatable bonds is 5. The smallest absolute Gasteiger partial charge is 0.120 e. The molecule has 0 amide bonds. The molecule has 0 aliphatic carbocycles. The number of nitrogens with zero attached hydrogens (tertiary/aromatic N) is 2. The first kappa shape index (κ1) is 11.5. The lowest BCUT2D eigenvalue weighted by molar-refractivity contribution is 0.690. The van der Waals surface area contributed by atoms with Gasteiger partial charge in [0.15, 0.2) is 0 Å². The first-order chi connectivity index (χ1) is 7.20. The van der Waals surface area contributed by atoms with E-state index in [0.29, 0.717) is 5.69 Å². The minimum atomic E-state index is 0.716. The maximum absolute atomic E-state index is 8.86. The highest BCUT2D eigenvalue weighted by Crippen LogP contribution is 2.12. The van der Waals surface area contributed by atoms with Crippen molar-refractivity contribution in [3.63, 3.8) is 0 Å². The molecule has 0 fully saturated rings. The SMILES string of the molecule is C=CCCNCc1cc(C#N)n(C)c1C. The molecule has 3 heteroatoms. The summed E-state index contributed by atoms with van der Waals surface area (Å²) in [6.07, 6.45) is 2.86. The summed E-state index contributed by atoms with van der Waals surface area (Å²) < 4.78 is 1.92. The van der Waals surface area contributed by atoms with E-state index >= 15 is 0 Å². The average Bonchev–Trinajstić information content (AvgIpc) is 2.52. The van der Waals surface area contributed by atoms with E-state index in [2.05, 4.69) is 18.0 Å². The Labute approximate surface area is 91.0 Å². The van der Waals surface area contributed by atoms with Crippen molar-refractivity contribution >= 4 is 0 Å². The lowest BCUT2D eigenvalue weighted by Gasteiger charge is -2.03. The molecule has 0 unspecified atom stereocenters. The van der Waals surface area contributed by atoms with E-state index in [4.69, 9.17) is 5.26 Å². The lowest BCUT2D eigenvalue weighted by atomic mass is 10.2. The molecular weight excluding hydrogens is 186 g/mol. The van der Waals surface area contributed by atoms with Gasteiger partial charge >= 0.3 is 0 Å². The molecule has 15 heavy (non-hydrogen) atoms. The molecule has 0 spiro atoms. The van der Waals surface area contributed by atoms with Crippen LogP contribution in [0.25, 0.3) is 0 Å². The molecule has 0 aliphatic rings. The molecule has 0 saturated heterocycles. The van der Waals surface area contributed by atoms with Gasteiger partial charge in [0.2, 0.25) is 0 Å². The van der Waals surface area contributed by atoms with Crippen molar-refractivity contribution in [3.8, 4) is 6.07 Å². The van der Waals surface area contributed by atoms with Crippen LogP contribution in [-0.2, 0) is 13.6 Å². The van der Waals surface area contributed by atoms with Gasteiger partial charge in [0.1, 0.15) is 11.8 Å². The highest BCUT2D eigenvalue weighted by atomic mass is 15.0. The van der Waals surface area contributed by atoms with Gasteiger partial charge in [-0.3, -0.25) is 0 Å². The third kappa shape index (κ3) is 2.71. The van der Waals surface area contributed by atoms with Crippen molar-refractivity contribution in [1.29, 1.82) is 5.26 Å². The van der Waals surface area contributed by atoms with Crippen molar-refractivity contribution < 1.29 is 0 Å². The molecule has 1 N–H and O–H groups in total. The zero-order valence-corrected chi connectivity index (χ0v) is 9.38. The zero-order chi connectivity index (χ0) is 11.3. The fraction of sp³-hybridized carbons (Fsp3) is 0.417. The molecule has 0 saturated carbocycles. The van der Waals surface area contributed by atoms with Crippen LogP contribution in [0.2, 0.25) is 0 Å². The fourth-order valence-corrected chi connectivity index (χ4v) is 1.48. The van der Waals surface area contributed by atoms with E-state index in [0.717, 1.165) is 25.2 Å². The van der Waals surface area contributed by atoms with Crippen molar-refractivity contribution in [3.05, 3.63) is 35.7 Å². The van der Waals surface area contributed by atoms with Gasteiger partial charge in [0.05, 0.1) is 0 Å². The molecule has 80 valence electrons. The van der Waals surface area contributed by atoms with Gasteiger partial charge in [-0.2, -0.15) is 5.26 Å². The maximum atomic E-state index is 8.86. The second-order valence-corrected chi connectivity index (χ2v) is 3.57. The zero-order valence-electron chi connectivity index (χ0n) is 9.38. The van der Waals surface area contributed by atoms with E-state index in [1.807, 2.05) is 30.7 Å². The fourth-order valence-electron chi connectivity index (χ4n) is 1.48. The maximum Gasteiger partial charge on any atom is 0.120 e. The van der Waals surface area contributed by atoms with Crippen LogP contribution in [0, 0.1) is 18.3 Å². The minimum absolute atomic E-state index is 0.716. The minimum Gasteiger partial charge on any atom is -0.340 e. The Bertz CT molecular complexity index is 382. The summed E-state index contributed by atoms with van der Waals surface area (Å²) in [7, 11) is 1.92. The highest BCUT2D eigenvalue weighted by molar-refractivity contribution is 5.33. The number of hydrogen-bond donors (Lipinski definition) is 1. The second-order valence-electron chi connectivity index (χ2n) is 3.57. The molecule has 1 aromatic rings. The van der Waals surface area contributed by atoms with Crippen LogP contribution < -0.4 is 5.32 Å². The standard InChI is InChI=1S/C12H17N3/c1-4-5-6-14-9-11-7-12(8-13)15(3)10(11)2/h4,7,14H,1,5-6,9H2,2-3H3. The number of hydrogen-bond acceptors (Lipinski definition) is 2. The second kappa shape index (κ2) is 5.38.